The van der Waals surface area contributed by atoms with Gasteiger partial charge in [0, 0.05) is 17.6 Å². The van der Waals surface area contributed by atoms with Gasteiger partial charge in [-0.25, -0.2) is 0 Å². The molecule has 0 aliphatic heterocycles. The zero-order valence-corrected chi connectivity index (χ0v) is 14.1. The summed E-state index contributed by atoms with van der Waals surface area (Å²) < 4.78 is 0. The molecule has 0 aliphatic rings. The minimum Gasteiger partial charge on any atom is -0.398 e. The summed E-state index contributed by atoms with van der Waals surface area (Å²) in [6.45, 7) is 3.96. The Morgan fingerprint density at radius 1 is 1.29 bits per heavy atom. The molecule has 5 nitrogen and oxygen atoms in total. The van der Waals surface area contributed by atoms with Crippen molar-refractivity contribution < 1.29 is 4.79 Å². The Hall–Kier alpha value is -2.97. The number of carbonyl (C=O) groups is 1. The molecule has 2 aromatic carbocycles. The Morgan fingerprint density at radius 3 is 2.71 bits per heavy atom. The highest BCUT2D eigenvalue weighted by Crippen LogP contribution is 2.23. The van der Waals surface area contributed by atoms with E-state index < -0.39 is 5.91 Å². The molecule has 2 aromatic rings. The third kappa shape index (κ3) is 4.06. The maximum atomic E-state index is 12.2. The molecule has 1 amide bonds. The third-order valence-electron chi connectivity index (χ3n) is 3.60. The van der Waals surface area contributed by atoms with Crippen molar-refractivity contribution in [3.05, 3.63) is 64.3 Å². The van der Waals surface area contributed by atoms with E-state index in [1.807, 2.05) is 38.1 Å². The van der Waals surface area contributed by atoms with E-state index in [1.165, 1.54) is 12.3 Å². The molecule has 6 heteroatoms. The number of carbonyl (C=O) groups excluding carboxylic acids is 1. The van der Waals surface area contributed by atoms with Gasteiger partial charge in [0.15, 0.2) is 0 Å². The van der Waals surface area contributed by atoms with Crippen LogP contribution in [0, 0.1) is 25.2 Å². The van der Waals surface area contributed by atoms with E-state index in [4.69, 9.17) is 17.3 Å². The van der Waals surface area contributed by atoms with Crippen LogP contribution in [-0.2, 0) is 4.79 Å². The standard InChI is InChI=1S/C18H17ClN4O/c1-11-4-3-5-17(12(11)2)22-10-13(9-20)18(24)23-14-6-7-16(21)15(19)8-14/h3-8,10,22H,21H2,1-2H3,(H,23,24)/b13-10-. The number of nitrogens with one attached hydrogen (secondary N) is 2. The molecule has 2 rings (SSSR count). The highest BCUT2D eigenvalue weighted by Gasteiger charge is 2.10. The van der Waals surface area contributed by atoms with Gasteiger partial charge < -0.3 is 16.4 Å². The van der Waals surface area contributed by atoms with Crippen molar-refractivity contribution in [1.82, 2.24) is 0 Å². The van der Waals surface area contributed by atoms with E-state index in [0.29, 0.717) is 16.4 Å². The van der Waals surface area contributed by atoms with Gasteiger partial charge in [-0.05, 0) is 49.2 Å². The first-order valence-electron chi connectivity index (χ1n) is 7.21. The molecule has 0 radical (unpaired) electrons. The number of halogens is 1. The number of anilines is 3. The summed E-state index contributed by atoms with van der Waals surface area (Å²) in [4.78, 5) is 12.2. The van der Waals surface area contributed by atoms with Gasteiger partial charge in [0.25, 0.3) is 5.91 Å². The fourth-order valence-corrected chi connectivity index (χ4v) is 2.19. The van der Waals surface area contributed by atoms with Crippen molar-refractivity contribution in [2.24, 2.45) is 0 Å². The molecule has 24 heavy (non-hydrogen) atoms. The van der Waals surface area contributed by atoms with Crippen molar-refractivity contribution in [3.63, 3.8) is 0 Å². The molecule has 4 N–H and O–H groups in total. The number of rotatable bonds is 4. The van der Waals surface area contributed by atoms with Gasteiger partial charge in [0.2, 0.25) is 0 Å². The van der Waals surface area contributed by atoms with Crippen molar-refractivity contribution in [2.75, 3.05) is 16.4 Å². The van der Waals surface area contributed by atoms with E-state index in [0.717, 1.165) is 16.8 Å². The molecule has 0 aliphatic carbocycles. The van der Waals surface area contributed by atoms with Crippen molar-refractivity contribution in [1.29, 1.82) is 5.26 Å². The van der Waals surface area contributed by atoms with Gasteiger partial charge in [-0.1, -0.05) is 23.7 Å². The van der Waals surface area contributed by atoms with Crippen LogP contribution in [0.3, 0.4) is 0 Å². The van der Waals surface area contributed by atoms with Gasteiger partial charge in [-0.2, -0.15) is 5.26 Å². The molecular weight excluding hydrogens is 324 g/mol. The van der Waals surface area contributed by atoms with Crippen LogP contribution in [0.15, 0.2) is 48.2 Å². The normalized spacial score (nSPS) is 10.8. The van der Waals surface area contributed by atoms with Crippen molar-refractivity contribution in [3.8, 4) is 6.07 Å². The Balaban J connectivity index is 2.15. The van der Waals surface area contributed by atoms with Gasteiger partial charge in [-0.15, -0.1) is 0 Å². The smallest absolute Gasteiger partial charge is 0.267 e. The summed E-state index contributed by atoms with van der Waals surface area (Å²) in [6, 6.07) is 12.4. The second kappa shape index (κ2) is 7.53. The molecule has 0 bridgehead atoms. The maximum absolute atomic E-state index is 12.2. The summed E-state index contributed by atoms with van der Waals surface area (Å²) in [6.07, 6.45) is 1.38. The fourth-order valence-electron chi connectivity index (χ4n) is 2.01. The summed E-state index contributed by atoms with van der Waals surface area (Å²) in [5, 5.41) is 15.2. The number of hydrogen-bond acceptors (Lipinski definition) is 4. The number of nitrogens with zero attached hydrogens (tertiary/aromatic N) is 1. The lowest BCUT2D eigenvalue weighted by molar-refractivity contribution is -0.112. The number of nitrogen functional groups attached to an aromatic ring is 1. The lowest BCUT2D eigenvalue weighted by Crippen LogP contribution is -2.14. The number of aryl methyl sites for hydroxylation is 1. The van der Waals surface area contributed by atoms with E-state index in [-0.39, 0.29) is 5.57 Å². The van der Waals surface area contributed by atoms with Crippen LogP contribution >= 0.6 is 11.6 Å². The predicted octanol–water partition coefficient (Wildman–Crippen LogP) is 4.00. The molecule has 0 spiro atoms. The fraction of sp³-hybridized carbons (Fsp3) is 0.111. The van der Waals surface area contributed by atoms with Crippen molar-refractivity contribution >= 4 is 34.6 Å². The molecule has 0 atom stereocenters. The number of nitrogens with two attached hydrogens (primary N) is 1. The van der Waals surface area contributed by atoms with E-state index in [1.54, 1.807) is 12.1 Å². The van der Waals surface area contributed by atoms with E-state index >= 15 is 0 Å². The predicted molar refractivity (Wildman–Crippen MR) is 97.7 cm³/mol. The van der Waals surface area contributed by atoms with Crippen molar-refractivity contribution in [2.45, 2.75) is 13.8 Å². The Labute approximate surface area is 145 Å². The van der Waals surface area contributed by atoms with Gasteiger partial charge in [-0.3, -0.25) is 4.79 Å². The molecule has 122 valence electrons. The zero-order valence-electron chi connectivity index (χ0n) is 13.4. The number of hydrogen-bond donors (Lipinski definition) is 3. The van der Waals surface area contributed by atoms with Crippen LogP contribution in [0.5, 0.6) is 0 Å². The monoisotopic (exact) mass is 340 g/mol. The van der Waals surface area contributed by atoms with Gasteiger partial charge in [0.1, 0.15) is 11.6 Å². The van der Waals surface area contributed by atoms with Crippen LogP contribution in [0.4, 0.5) is 17.1 Å². The second-order valence-electron chi connectivity index (χ2n) is 5.25. The Kier molecular flexibility index (Phi) is 5.46. The molecule has 0 saturated heterocycles. The minimum absolute atomic E-state index is 0.0520. The first-order chi connectivity index (χ1) is 11.4. The first-order valence-corrected chi connectivity index (χ1v) is 7.59. The maximum Gasteiger partial charge on any atom is 0.267 e. The van der Waals surface area contributed by atoms with Crippen LogP contribution in [0.1, 0.15) is 11.1 Å². The summed E-state index contributed by atoms with van der Waals surface area (Å²) in [7, 11) is 0. The van der Waals surface area contributed by atoms with Crippen LogP contribution < -0.4 is 16.4 Å². The summed E-state index contributed by atoms with van der Waals surface area (Å²) in [5.41, 5.74) is 9.47. The Bertz CT molecular complexity index is 853. The number of nitriles is 1. The molecule has 0 aromatic heterocycles. The summed E-state index contributed by atoms with van der Waals surface area (Å²) >= 11 is 5.92. The van der Waals surface area contributed by atoms with Crippen LogP contribution in [-0.4, -0.2) is 5.91 Å². The zero-order chi connectivity index (χ0) is 17.7. The number of amides is 1. The topological polar surface area (TPSA) is 90.9 Å². The lowest BCUT2D eigenvalue weighted by atomic mass is 10.1. The van der Waals surface area contributed by atoms with E-state index in [9.17, 15) is 10.1 Å². The summed E-state index contributed by atoms with van der Waals surface area (Å²) in [5.74, 6) is -0.531. The largest absolute Gasteiger partial charge is 0.398 e. The van der Waals surface area contributed by atoms with Gasteiger partial charge >= 0.3 is 0 Å². The first kappa shape index (κ1) is 17.4. The lowest BCUT2D eigenvalue weighted by Gasteiger charge is -2.09. The third-order valence-corrected chi connectivity index (χ3v) is 3.93. The number of benzene rings is 2. The second-order valence-corrected chi connectivity index (χ2v) is 5.66. The average Bonchev–Trinajstić information content (AvgIpc) is 2.55. The Morgan fingerprint density at radius 2 is 2.04 bits per heavy atom. The highest BCUT2D eigenvalue weighted by atomic mass is 35.5. The molecule has 0 saturated carbocycles. The highest BCUT2D eigenvalue weighted by molar-refractivity contribution is 6.33. The molecule has 0 heterocycles. The van der Waals surface area contributed by atoms with Crippen LogP contribution in [0.2, 0.25) is 5.02 Å². The molecule has 0 unspecified atom stereocenters. The van der Waals surface area contributed by atoms with Crippen LogP contribution in [0.25, 0.3) is 0 Å². The molecular formula is C18H17ClN4O. The molecule has 0 fully saturated rings. The van der Waals surface area contributed by atoms with E-state index in [2.05, 4.69) is 10.6 Å². The quantitative estimate of drug-likeness (QED) is 0.445. The SMILES string of the molecule is Cc1cccc(N/C=C(/C#N)C(=O)Nc2ccc(N)c(Cl)c2)c1C. The minimum atomic E-state index is -0.531. The van der Waals surface area contributed by atoms with Gasteiger partial charge in [0.05, 0.1) is 10.7 Å². The average molecular weight is 341 g/mol.